The molecule has 0 unspecified atom stereocenters. The van der Waals surface area contributed by atoms with E-state index in [1.807, 2.05) is 32.0 Å². The SMILES string of the molecule is CC(C)c1ccccc1NC(=O)COC(=O)CN1C(=O)N[C@](C)(C2CC2)C1=O. The van der Waals surface area contributed by atoms with E-state index in [2.05, 4.69) is 10.6 Å². The minimum Gasteiger partial charge on any atom is -0.454 e. The summed E-state index contributed by atoms with van der Waals surface area (Å²) in [6.07, 6.45) is 1.75. The first kappa shape index (κ1) is 19.9. The van der Waals surface area contributed by atoms with Gasteiger partial charge in [-0.25, -0.2) is 4.79 Å². The second-order valence-electron chi connectivity index (χ2n) is 7.75. The van der Waals surface area contributed by atoms with Gasteiger partial charge in [-0.1, -0.05) is 32.0 Å². The normalized spacial score (nSPS) is 21.6. The standard InChI is InChI=1S/C20H25N3O5/c1-12(2)14-6-4-5-7-15(14)21-16(24)11-28-17(25)10-23-18(26)20(3,13-8-9-13)22-19(23)27/h4-7,12-13H,8-11H2,1-3H3,(H,21,24)(H,22,27)/t20-/m1/s1. The molecule has 0 aromatic heterocycles. The molecule has 8 nitrogen and oxygen atoms in total. The van der Waals surface area contributed by atoms with Crippen molar-refractivity contribution in [3.63, 3.8) is 0 Å². The molecular weight excluding hydrogens is 362 g/mol. The van der Waals surface area contributed by atoms with Gasteiger partial charge >= 0.3 is 12.0 Å². The number of hydrogen-bond donors (Lipinski definition) is 2. The first-order valence-electron chi connectivity index (χ1n) is 9.41. The Morgan fingerprint density at radius 1 is 1.29 bits per heavy atom. The van der Waals surface area contributed by atoms with Crippen LogP contribution in [0.1, 0.15) is 45.1 Å². The zero-order chi connectivity index (χ0) is 20.5. The maximum Gasteiger partial charge on any atom is 0.326 e. The summed E-state index contributed by atoms with van der Waals surface area (Å²) in [5.74, 6) is -1.39. The average molecular weight is 387 g/mol. The number of esters is 1. The lowest BCUT2D eigenvalue weighted by Crippen LogP contribution is -2.46. The highest BCUT2D eigenvalue weighted by atomic mass is 16.5. The number of rotatable bonds is 7. The monoisotopic (exact) mass is 387 g/mol. The molecule has 0 radical (unpaired) electrons. The van der Waals surface area contributed by atoms with Crippen molar-refractivity contribution in [2.24, 2.45) is 5.92 Å². The predicted octanol–water partition coefficient (Wildman–Crippen LogP) is 2.01. The van der Waals surface area contributed by atoms with E-state index in [1.54, 1.807) is 13.0 Å². The van der Waals surface area contributed by atoms with Crippen LogP contribution < -0.4 is 10.6 Å². The highest BCUT2D eigenvalue weighted by molar-refractivity contribution is 6.09. The fraction of sp³-hybridized carbons (Fsp3) is 0.500. The second-order valence-corrected chi connectivity index (χ2v) is 7.75. The third-order valence-electron chi connectivity index (χ3n) is 5.20. The van der Waals surface area contributed by atoms with Crippen LogP contribution in [0, 0.1) is 5.92 Å². The summed E-state index contributed by atoms with van der Waals surface area (Å²) in [5.41, 5.74) is 0.684. The van der Waals surface area contributed by atoms with Crippen LogP contribution >= 0.6 is 0 Å². The molecule has 1 saturated heterocycles. The number of nitrogens with zero attached hydrogens (tertiary/aromatic N) is 1. The zero-order valence-electron chi connectivity index (χ0n) is 16.3. The highest BCUT2D eigenvalue weighted by Gasteiger charge is 2.56. The molecule has 0 spiro atoms. The molecule has 4 amide bonds. The number of ether oxygens (including phenoxy) is 1. The van der Waals surface area contributed by atoms with Gasteiger partial charge in [0.1, 0.15) is 12.1 Å². The molecule has 2 aliphatic rings. The van der Waals surface area contributed by atoms with E-state index in [0.29, 0.717) is 5.69 Å². The summed E-state index contributed by atoms with van der Waals surface area (Å²) in [4.78, 5) is 49.6. The number of para-hydroxylation sites is 1. The number of anilines is 1. The highest BCUT2D eigenvalue weighted by Crippen LogP contribution is 2.42. The van der Waals surface area contributed by atoms with Crippen LogP contribution in [0.15, 0.2) is 24.3 Å². The van der Waals surface area contributed by atoms with Gasteiger partial charge in [0.05, 0.1) is 0 Å². The summed E-state index contributed by atoms with van der Waals surface area (Å²) in [6.45, 7) is 4.70. The molecule has 2 fully saturated rings. The molecule has 1 aromatic rings. The van der Waals surface area contributed by atoms with Crippen LogP contribution in [0.25, 0.3) is 0 Å². The van der Waals surface area contributed by atoms with Gasteiger partial charge in [0.25, 0.3) is 11.8 Å². The largest absolute Gasteiger partial charge is 0.454 e. The summed E-state index contributed by atoms with van der Waals surface area (Å²) in [6, 6.07) is 6.79. The number of carbonyl (C=O) groups excluding carboxylic acids is 4. The molecule has 0 bridgehead atoms. The van der Waals surface area contributed by atoms with Crippen molar-refractivity contribution in [2.45, 2.75) is 45.1 Å². The Bertz CT molecular complexity index is 818. The zero-order valence-corrected chi connectivity index (χ0v) is 16.3. The first-order valence-corrected chi connectivity index (χ1v) is 9.41. The van der Waals surface area contributed by atoms with Crippen LogP contribution in [0.2, 0.25) is 0 Å². The van der Waals surface area contributed by atoms with Gasteiger partial charge in [0, 0.05) is 5.69 Å². The molecule has 1 saturated carbocycles. The second kappa shape index (κ2) is 7.61. The molecule has 1 aromatic carbocycles. The molecular formula is C20H25N3O5. The van der Waals surface area contributed by atoms with Crippen molar-refractivity contribution in [1.82, 2.24) is 10.2 Å². The molecule has 1 heterocycles. The Labute approximate surface area is 163 Å². The number of benzene rings is 1. The van der Waals surface area contributed by atoms with E-state index in [4.69, 9.17) is 4.74 Å². The maximum absolute atomic E-state index is 12.5. The number of amides is 4. The van der Waals surface area contributed by atoms with Crippen LogP contribution in [-0.2, 0) is 19.1 Å². The van der Waals surface area contributed by atoms with E-state index in [-0.39, 0.29) is 11.8 Å². The van der Waals surface area contributed by atoms with E-state index in [0.717, 1.165) is 23.3 Å². The summed E-state index contributed by atoms with van der Waals surface area (Å²) >= 11 is 0. The Balaban J connectivity index is 1.51. The number of nitrogens with one attached hydrogen (secondary N) is 2. The molecule has 1 atom stereocenters. The minimum absolute atomic E-state index is 0.108. The molecule has 1 aliphatic carbocycles. The molecule has 8 heteroatoms. The Morgan fingerprint density at radius 3 is 2.61 bits per heavy atom. The minimum atomic E-state index is -0.949. The maximum atomic E-state index is 12.5. The third kappa shape index (κ3) is 4.00. The molecule has 150 valence electrons. The third-order valence-corrected chi connectivity index (χ3v) is 5.20. The lowest BCUT2D eigenvalue weighted by Gasteiger charge is -2.20. The van der Waals surface area contributed by atoms with Gasteiger partial charge in [0.2, 0.25) is 0 Å². The van der Waals surface area contributed by atoms with Gasteiger partial charge in [-0.05, 0) is 43.2 Å². The van der Waals surface area contributed by atoms with Crippen molar-refractivity contribution < 1.29 is 23.9 Å². The topological polar surface area (TPSA) is 105 Å². The van der Waals surface area contributed by atoms with Crippen LogP contribution in [0.5, 0.6) is 0 Å². The lowest BCUT2D eigenvalue weighted by molar-refractivity contribution is -0.150. The van der Waals surface area contributed by atoms with Gasteiger partial charge in [-0.2, -0.15) is 0 Å². The number of hydrogen-bond acceptors (Lipinski definition) is 5. The predicted molar refractivity (Wildman–Crippen MR) is 101 cm³/mol. The van der Waals surface area contributed by atoms with E-state index < -0.39 is 42.5 Å². The Kier molecular flexibility index (Phi) is 5.40. The van der Waals surface area contributed by atoms with Crippen molar-refractivity contribution >= 4 is 29.5 Å². The van der Waals surface area contributed by atoms with Crippen molar-refractivity contribution in [3.05, 3.63) is 29.8 Å². The molecule has 28 heavy (non-hydrogen) atoms. The van der Waals surface area contributed by atoms with Crippen molar-refractivity contribution in [3.8, 4) is 0 Å². The Hall–Kier alpha value is -2.90. The fourth-order valence-electron chi connectivity index (χ4n) is 3.42. The summed E-state index contributed by atoms with van der Waals surface area (Å²) in [5, 5.41) is 5.38. The van der Waals surface area contributed by atoms with Crippen LogP contribution in [0.4, 0.5) is 10.5 Å². The molecule has 1 aliphatic heterocycles. The summed E-state index contributed by atoms with van der Waals surface area (Å²) in [7, 11) is 0. The van der Waals surface area contributed by atoms with E-state index >= 15 is 0 Å². The smallest absolute Gasteiger partial charge is 0.326 e. The van der Waals surface area contributed by atoms with Gasteiger partial charge in [0.15, 0.2) is 6.61 Å². The van der Waals surface area contributed by atoms with Gasteiger partial charge in [-0.3, -0.25) is 19.3 Å². The quantitative estimate of drug-likeness (QED) is 0.550. The van der Waals surface area contributed by atoms with Crippen molar-refractivity contribution in [2.75, 3.05) is 18.5 Å². The van der Waals surface area contributed by atoms with Gasteiger partial charge in [-0.15, -0.1) is 0 Å². The molecule has 3 rings (SSSR count). The summed E-state index contributed by atoms with van der Waals surface area (Å²) < 4.78 is 4.95. The fourth-order valence-corrected chi connectivity index (χ4v) is 3.42. The van der Waals surface area contributed by atoms with Crippen molar-refractivity contribution in [1.29, 1.82) is 0 Å². The van der Waals surface area contributed by atoms with E-state index in [9.17, 15) is 19.2 Å². The van der Waals surface area contributed by atoms with Crippen LogP contribution in [0.3, 0.4) is 0 Å². The number of imide groups is 1. The first-order chi connectivity index (χ1) is 13.2. The average Bonchev–Trinajstić information content (AvgIpc) is 3.46. The number of carbonyl (C=O) groups is 4. The van der Waals surface area contributed by atoms with Gasteiger partial charge < -0.3 is 15.4 Å². The van der Waals surface area contributed by atoms with E-state index in [1.165, 1.54) is 0 Å². The number of urea groups is 1. The molecule has 2 N–H and O–H groups in total. The van der Waals surface area contributed by atoms with Crippen LogP contribution in [-0.4, -0.2) is 47.4 Å². The lowest BCUT2D eigenvalue weighted by atomic mass is 9.96. The Morgan fingerprint density at radius 2 is 1.96 bits per heavy atom.